The lowest BCUT2D eigenvalue weighted by atomic mass is 10.1. The lowest BCUT2D eigenvalue weighted by Gasteiger charge is -2.12. The summed E-state index contributed by atoms with van der Waals surface area (Å²) in [7, 11) is 0. The fraction of sp³-hybridized carbons (Fsp3) is 0.143. The van der Waals surface area contributed by atoms with Gasteiger partial charge in [0.15, 0.2) is 0 Å². The van der Waals surface area contributed by atoms with Crippen LogP contribution >= 0.6 is 0 Å². The summed E-state index contributed by atoms with van der Waals surface area (Å²) in [6.07, 6.45) is 0. The fourth-order valence-corrected chi connectivity index (χ4v) is 1.85. The summed E-state index contributed by atoms with van der Waals surface area (Å²) in [5.41, 5.74) is 22.7. The third kappa shape index (κ3) is 2.66. The summed E-state index contributed by atoms with van der Waals surface area (Å²) in [5, 5.41) is 3.33. The summed E-state index contributed by atoms with van der Waals surface area (Å²) in [5.74, 6) is 0. The highest BCUT2D eigenvalue weighted by Gasteiger charge is 2.02. The van der Waals surface area contributed by atoms with Crippen molar-refractivity contribution in [3.05, 3.63) is 47.5 Å². The molecule has 0 aliphatic heterocycles. The number of benzene rings is 2. The van der Waals surface area contributed by atoms with Crippen molar-refractivity contribution in [1.82, 2.24) is 0 Å². The summed E-state index contributed by atoms with van der Waals surface area (Å²) in [6, 6.07) is 11.3. The van der Waals surface area contributed by atoms with Gasteiger partial charge in [-0.05, 0) is 54.4 Å². The van der Waals surface area contributed by atoms with Gasteiger partial charge in [-0.2, -0.15) is 0 Å². The number of anilines is 4. The van der Waals surface area contributed by atoms with Crippen LogP contribution in [0, 0.1) is 6.92 Å². The molecule has 0 aromatic heterocycles. The molecule has 0 aliphatic carbocycles. The smallest absolute Gasteiger partial charge is 0.0422 e. The number of hydrogen-bond donors (Lipinski definition) is 4. The normalized spacial score (nSPS) is 10.3. The predicted molar refractivity (Wildman–Crippen MR) is 78.2 cm³/mol. The van der Waals surface area contributed by atoms with E-state index in [4.69, 9.17) is 17.2 Å². The summed E-state index contributed by atoms with van der Waals surface area (Å²) in [6.45, 7) is 2.66. The molecular formula is C14H18N4. The second-order valence-electron chi connectivity index (χ2n) is 4.39. The average Bonchev–Trinajstić information content (AvgIpc) is 2.32. The molecule has 2 aromatic rings. The fourth-order valence-electron chi connectivity index (χ4n) is 1.85. The SMILES string of the molecule is Cc1cc(N)ccc1NCc1cc(N)ccc1N. The number of nitrogens with one attached hydrogen (secondary N) is 1. The van der Waals surface area contributed by atoms with E-state index in [0.717, 1.165) is 33.9 Å². The Hall–Kier alpha value is -2.36. The van der Waals surface area contributed by atoms with Crippen LogP contribution in [0.1, 0.15) is 11.1 Å². The molecule has 2 rings (SSSR count). The quantitative estimate of drug-likeness (QED) is 0.622. The van der Waals surface area contributed by atoms with Gasteiger partial charge >= 0.3 is 0 Å². The molecule has 0 saturated heterocycles. The Balaban J connectivity index is 2.13. The second kappa shape index (κ2) is 4.87. The Labute approximate surface area is 107 Å². The van der Waals surface area contributed by atoms with Gasteiger partial charge in [-0.15, -0.1) is 0 Å². The summed E-state index contributed by atoms with van der Waals surface area (Å²) in [4.78, 5) is 0. The van der Waals surface area contributed by atoms with E-state index in [-0.39, 0.29) is 0 Å². The zero-order chi connectivity index (χ0) is 13.1. The van der Waals surface area contributed by atoms with Crippen molar-refractivity contribution >= 4 is 22.7 Å². The maximum atomic E-state index is 5.90. The van der Waals surface area contributed by atoms with E-state index < -0.39 is 0 Å². The molecule has 0 aliphatic rings. The minimum atomic E-state index is 0.641. The van der Waals surface area contributed by atoms with Crippen molar-refractivity contribution in [2.75, 3.05) is 22.5 Å². The predicted octanol–water partition coefficient (Wildman–Crippen LogP) is 2.35. The van der Waals surface area contributed by atoms with E-state index in [0.29, 0.717) is 6.54 Å². The maximum Gasteiger partial charge on any atom is 0.0422 e. The van der Waals surface area contributed by atoms with Crippen LogP contribution in [0.15, 0.2) is 36.4 Å². The monoisotopic (exact) mass is 242 g/mol. The number of aryl methyl sites for hydroxylation is 1. The Morgan fingerprint density at radius 1 is 0.944 bits per heavy atom. The first-order valence-electron chi connectivity index (χ1n) is 5.80. The van der Waals surface area contributed by atoms with E-state index in [1.807, 2.05) is 37.3 Å². The molecule has 18 heavy (non-hydrogen) atoms. The minimum Gasteiger partial charge on any atom is -0.399 e. The van der Waals surface area contributed by atoms with Crippen molar-refractivity contribution in [1.29, 1.82) is 0 Å². The van der Waals surface area contributed by atoms with Gasteiger partial charge in [0.2, 0.25) is 0 Å². The highest BCUT2D eigenvalue weighted by molar-refractivity contribution is 5.60. The van der Waals surface area contributed by atoms with E-state index in [9.17, 15) is 0 Å². The summed E-state index contributed by atoms with van der Waals surface area (Å²) >= 11 is 0. The number of nitrogen functional groups attached to an aromatic ring is 3. The first kappa shape index (κ1) is 12.1. The Morgan fingerprint density at radius 2 is 1.61 bits per heavy atom. The molecule has 4 heteroatoms. The molecule has 0 radical (unpaired) electrons. The lowest BCUT2D eigenvalue weighted by molar-refractivity contribution is 1.15. The maximum absolute atomic E-state index is 5.90. The molecule has 0 fully saturated rings. The standard InChI is InChI=1S/C14H18N4/c1-9-6-11(15)3-5-14(9)18-8-10-7-12(16)2-4-13(10)17/h2-7,18H,8,15-17H2,1H3. The van der Waals surface area contributed by atoms with Crippen molar-refractivity contribution in [3.8, 4) is 0 Å². The highest BCUT2D eigenvalue weighted by atomic mass is 14.9. The molecule has 0 amide bonds. The molecule has 0 heterocycles. The van der Waals surface area contributed by atoms with Crippen LogP contribution in [-0.4, -0.2) is 0 Å². The van der Waals surface area contributed by atoms with Gasteiger partial charge in [0.05, 0.1) is 0 Å². The molecule has 2 aromatic carbocycles. The second-order valence-corrected chi connectivity index (χ2v) is 4.39. The number of hydrogen-bond acceptors (Lipinski definition) is 4. The Kier molecular flexibility index (Phi) is 3.28. The van der Waals surface area contributed by atoms with E-state index in [1.165, 1.54) is 0 Å². The van der Waals surface area contributed by atoms with Gasteiger partial charge < -0.3 is 22.5 Å². The molecule has 4 nitrogen and oxygen atoms in total. The highest BCUT2D eigenvalue weighted by Crippen LogP contribution is 2.21. The Morgan fingerprint density at radius 3 is 2.33 bits per heavy atom. The van der Waals surface area contributed by atoms with Crippen molar-refractivity contribution in [2.24, 2.45) is 0 Å². The lowest BCUT2D eigenvalue weighted by Crippen LogP contribution is -2.05. The van der Waals surface area contributed by atoms with Crippen LogP contribution < -0.4 is 22.5 Å². The van der Waals surface area contributed by atoms with Crippen molar-refractivity contribution in [3.63, 3.8) is 0 Å². The third-order valence-corrected chi connectivity index (χ3v) is 2.89. The van der Waals surface area contributed by atoms with Crippen LogP contribution in [0.25, 0.3) is 0 Å². The van der Waals surface area contributed by atoms with Crippen LogP contribution in [0.4, 0.5) is 22.7 Å². The van der Waals surface area contributed by atoms with Gasteiger partial charge in [-0.25, -0.2) is 0 Å². The van der Waals surface area contributed by atoms with Crippen LogP contribution in [0.3, 0.4) is 0 Å². The number of nitrogens with two attached hydrogens (primary N) is 3. The number of rotatable bonds is 3. The van der Waals surface area contributed by atoms with Gasteiger partial charge in [0.1, 0.15) is 0 Å². The van der Waals surface area contributed by atoms with Crippen molar-refractivity contribution in [2.45, 2.75) is 13.5 Å². The van der Waals surface area contributed by atoms with E-state index >= 15 is 0 Å². The molecule has 0 saturated carbocycles. The van der Waals surface area contributed by atoms with Crippen molar-refractivity contribution < 1.29 is 0 Å². The minimum absolute atomic E-state index is 0.641. The molecule has 0 bridgehead atoms. The van der Waals surface area contributed by atoms with Gasteiger partial charge in [-0.3, -0.25) is 0 Å². The zero-order valence-corrected chi connectivity index (χ0v) is 10.4. The van der Waals surface area contributed by atoms with Gasteiger partial charge in [0, 0.05) is 29.3 Å². The molecular weight excluding hydrogens is 224 g/mol. The topological polar surface area (TPSA) is 90.1 Å². The molecule has 7 N–H and O–H groups in total. The average molecular weight is 242 g/mol. The van der Waals surface area contributed by atoms with Crippen LogP contribution in [0.5, 0.6) is 0 Å². The first-order valence-corrected chi connectivity index (χ1v) is 5.80. The van der Waals surface area contributed by atoms with E-state index in [1.54, 1.807) is 6.07 Å². The molecule has 94 valence electrons. The molecule has 0 atom stereocenters. The van der Waals surface area contributed by atoms with E-state index in [2.05, 4.69) is 5.32 Å². The van der Waals surface area contributed by atoms with Gasteiger partial charge in [0.25, 0.3) is 0 Å². The molecule has 0 spiro atoms. The van der Waals surface area contributed by atoms with Crippen LogP contribution in [0.2, 0.25) is 0 Å². The zero-order valence-electron chi connectivity index (χ0n) is 10.4. The Bertz CT molecular complexity index is 564. The van der Waals surface area contributed by atoms with Crippen LogP contribution in [-0.2, 0) is 6.54 Å². The summed E-state index contributed by atoms with van der Waals surface area (Å²) < 4.78 is 0. The molecule has 0 unspecified atom stereocenters. The largest absolute Gasteiger partial charge is 0.399 e. The third-order valence-electron chi connectivity index (χ3n) is 2.89. The van der Waals surface area contributed by atoms with Gasteiger partial charge in [-0.1, -0.05) is 0 Å². The first-order chi connectivity index (χ1) is 8.56.